The molecular weight excluding hydrogens is 354 g/mol. The molecule has 144 valence electrons. The van der Waals surface area contributed by atoms with Crippen LogP contribution in [0.5, 0.6) is 0 Å². The van der Waals surface area contributed by atoms with Crippen molar-refractivity contribution in [3.05, 3.63) is 71.9 Å². The minimum atomic E-state index is -0.327. The summed E-state index contributed by atoms with van der Waals surface area (Å²) in [6.45, 7) is 2.63. The van der Waals surface area contributed by atoms with Gasteiger partial charge in [0.25, 0.3) is 0 Å². The summed E-state index contributed by atoms with van der Waals surface area (Å²) < 4.78 is 1.74. The Morgan fingerprint density at radius 2 is 2.07 bits per heavy atom. The highest BCUT2D eigenvalue weighted by molar-refractivity contribution is 6.10. The summed E-state index contributed by atoms with van der Waals surface area (Å²) in [7, 11) is 0. The number of rotatable bonds is 6. The molecule has 28 heavy (non-hydrogen) atoms. The highest BCUT2D eigenvalue weighted by atomic mass is 16.3. The molecule has 0 radical (unpaired) electrons. The minimum absolute atomic E-state index is 0.0853. The molecule has 7 heteroatoms. The van der Waals surface area contributed by atoms with Crippen LogP contribution >= 0.6 is 0 Å². The first-order valence-corrected chi connectivity index (χ1v) is 9.47. The van der Waals surface area contributed by atoms with Crippen LogP contribution in [-0.4, -0.2) is 42.8 Å². The highest BCUT2D eigenvalue weighted by Crippen LogP contribution is 2.28. The first-order valence-electron chi connectivity index (χ1n) is 9.47. The van der Waals surface area contributed by atoms with E-state index in [0.29, 0.717) is 30.0 Å². The van der Waals surface area contributed by atoms with Crippen molar-refractivity contribution < 1.29 is 9.90 Å². The standard InChI is InChI=1S/C21H23N5O2/c1-14-9-16(10-19(14)27)24-21-17(11-22-13-23-21)20(28)18-7-8-26(25-18)12-15-5-3-2-4-6-15/h2-8,11,13-14,16,19,27H,9-10,12H2,1H3,(H,22,23,24)/t14-,16+,19+/m0/s1. The third-order valence-electron chi connectivity index (χ3n) is 5.20. The van der Waals surface area contributed by atoms with Crippen molar-refractivity contribution in [3.63, 3.8) is 0 Å². The quantitative estimate of drug-likeness (QED) is 0.641. The molecule has 1 aromatic carbocycles. The average molecular weight is 377 g/mol. The molecule has 0 spiro atoms. The van der Waals surface area contributed by atoms with Crippen LogP contribution < -0.4 is 5.32 Å². The number of anilines is 1. The number of aliphatic hydroxyl groups is 1. The van der Waals surface area contributed by atoms with Gasteiger partial charge in [0.05, 0.1) is 18.2 Å². The SMILES string of the molecule is C[C@H]1C[C@@H](Nc2ncncc2C(=O)c2ccn(Cc3ccccc3)n2)C[C@H]1O. The van der Waals surface area contributed by atoms with Gasteiger partial charge >= 0.3 is 0 Å². The minimum Gasteiger partial charge on any atom is -0.393 e. The van der Waals surface area contributed by atoms with Crippen LogP contribution in [0.15, 0.2) is 55.1 Å². The van der Waals surface area contributed by atoms with Crippen LogP contribution in [0.2, 0.25) is 0 Å². The second-order valence-electron chi connectivity index (χ2n) is 7.36. The van der Waals surface area contributed by atoms with E-state index in [9.17, 15) is 9.90 Å². The van der Waals surface area contributed by atoms with Gasteiger partial charge in [0, 0.05) is 18.4 Å². The van der Waals surface area contributed by atoms with E-state index in [2.05, 4.69) is 20.4 Å². The van der Waals surface area contributed by atoms with E-state index in [1.807, 2.05) is 37.3 Å². The van der Waals surface area contributed by atoms with Crippen molar-refractivity contribution in [2.45, 2.75) is 38.5 Å². The van der Waals surface area contributed by atoms with E-state index in [4.69, 9.17) is 0 Å². The first kappa shape index (κ1) is 18.3. The molecule has 1 aliphatic carbocycles. The van der Waals surface area contributed by atoms with Gasteiger partial charge in [-0.3, -0.25) is 9.48 Å². The maximum absolute atomic E-state index is 13.0. The van der Waals surface area contributed by atoms with Gasteiger partial charge in [-0.1, -0.05) is 37.3 Å². The van der Waals surface area contributed by atoms with Gasteiger partial charge in [0.2, 0.25) is 5.78 Å². The van der Waals surface area contributed by atoms with Crippen LogP contribution in [0.3, 0.4) is 0 Å². The van der Waals surface area contributed by atoms with E-state index >= 15 is 0 Å². The monoisotopic (exact) mass is 377 g/mol. The predicted molar refractivity (Wildman–Crippen MR) is 105 cm³/mol. The number of hydrogen-bond donors (Lipinski definition) is 2. The van der Waals surface area contributed by atoms with Gasteiger partial charge in [-0.2, -0.15) is 5.10 Å². The number of nitrogens with zero attached hydrogens (tertiary/aromatic N) is 4. The topological polar surface area (TPSA) is 92.9 Å². The third-order valence-corrected chi connectivity index (χ3v) is 5.20. The molecule has 0 saturated heterocycles. The fourth-order valence-electron chi connectivity index (χ4n) is 3.63. The molecule has 0 unspecified atom stereocenters. The van der Waals surface area contributed by atoms with Gasteiger partial charge in [0.15, 0.2) is 0 Å². The zero-order valence-corrected chi connectivity index (χ0v) is 15.7. The molecule has 3 aromatic rings. The Balaban J connectivity index is 1.51. The Kier molecular flexibility index (Phi) is 5.16. The highest BCUT2D eigenvalue weighted by Gasteiger charge is 2.30. The second-order valence-corrected chi connectivity index (χ2v) is 7.36. The molecule has 1 aliphatic rings. The molecule has 2 N–H and O–H groups in total. The lowest BCUT2D eigenvalue weighted by Gasteiger charge is -2.14. The lowest BCUT2D eigenvalue weighted by Crippen LogP contribution is -2.20. The zero-order valence-electron chi connectivity index (χ0n) is 15.7. The van der Waals surface area contributed by atoms with Crippen molar-refractivity contribution in [3.8, 4) is 0 Å². The molecule has 4 rings (SSSR count). The smallest absolute Gasteiger partial charge is 0.218 e. The van der Waals surface area contributed by atoms with Crippen molar-refractivity contribution >= 4 is 11.6 Å². The molecule has 0 bridgehead atoms. The van der Waals surface area contributed by atoms with Crippen molar-refractivity contribution in [1.82, 2.24) is 19.7 Å². The molecule has 1 fully saturated rings. The number of carbonyl (C=O) groups excluding carboxylic acids is 1. The molecule has 0 aliphatic heterocycles. The molecular formula is C21H23N5O2. The average Bonchev–Trinajstić information content (AvgIpc) is 3.29. The summed E-state index contributed by atoms with van der Waals surface area (Å²) in [5.74, 6) is 0.498. The van der Waals surface area contributed by atoms with Gasteiger partial charge in [0.1, 0.15) is 17.8 Å². The number of nitrogens with one attached hydrogen (secondary N) is 1. The van der Waals surface area contributed by atoms with Gasteiger partial charge in [-0.25, -0.2) is 9.97 Å². The van der Waals surface area contributed by atoms with Crippen LogP contribution in [-0.2, 0) is 6.54 Å². The summed E-state index contributed by atoms with van der Waals surface area (Å²) in [6.07, 6.45) is 5.89. The fourth-order valence-corrected chi connectivity index (χ4v) is 3.63. The maximum atomic E-state index is 13.0. The Morgan fingerprint density at radius 3 is 2.82 bits per heavy atom. The van der Waals surface area contributed by atoms with E-state index in [0.717, 1.165) is 12.0 Å². The van der Waals surface area contributed by atoms with Crippen LogP contribution in [0, 0.1) is 5.92 Å². The van der Waals surface area contributed by atoms with E-state index in [1.54, 1.807) is 16.9 Å². The van der Waals surface area contributed by atoms with Crippen LogP contribution in [0.1, 0.15) is 41.4 Å². The molecule has 7 nitrogen and oxygen atoms in total. The Hall–Kier alpha value is -3.06. The van der Waals surface area contributed by atoms with Crippen LogP contribution in [0.25, 0.3) is 0 Å². The Labute approximate surface area is 163 Å². The lowest BCUT2D eigenvalue weighted by atomic mass is 10.1. The normalized spacial score (nSPS) is 21.6. The van der Waals surface area contributed by atoms with Crippen molar-refractivity contribution in [2.75, 3.05) is 5.32 Å². The number of aromatic nitrogens is 4. The summed E-state index contributed by atoms with van der Waals surface area (Å²) >= 11 is 0. The summed E-state index contributed by atoms with van der Waals surface area (Å²) in [4.78, 5) is 21.3. The van der Waals surface area contributed by atoms with E-state index in [1.165, 1.54) is 12.5 Å². The molecule has 1 saturated carbocycles. The number of benzene rings is 1. The zero-order chi connectivity index (χ0) is 19.5. The molecule has 0 amide bonds. The van der Waals surface area contributed by atoms with Crippen molar-refractivity contribution in [2.24, 2.45) is 5.92 Å². The number of ketones is 1. The number of aliphatic hydroxyl groups excluding tert-OH is 1. The summed E-state index contributed by atoms with van der Waals surface area (Å²) in [5, 5.41) is 17.7. The lowest BCUT2D eigenvalue weighted by molar-refractivity contribution is 0.103. The molecule has 2 aromatic heterocycles. The fraction of sp³-hybridized carbons (Fsp3) is 0.333. The molecule has 3 atom stereocenters. The summed E-state index contributed by atoms with van der Waals surface area (Å²) in [6, 6.07) is 11.8. The third kappa shape index (κ3) is 3.94. The number of carbonyl (C=O) groups is 1. The second kappa shape index (κ2) is 7.90. The number of hydrogen-bond acceptors (Lipinski definition) is 6. The Bertz CT molecular complexity index is 946. The van der Waals surface area contributed by atoms with Gasteiger partial charge < -0.3 is 10.4 Å². The first-order chi connectivity index (χ1) is 13.6. The van der Waals surface area contributed by atoms with Gasteiger partial charge in [-0.15, -0.1) is 0 Å². The Morgan fingerprint density at radius 1 is 1.25 bits per heavy atom. The van der Waals surface area contributed by atoms with E-state index < -0.39 is 0 Å². The predicted octanol–water partition coefficient (Wildman–Crippen LogP) is 2.52. The molecule has 2 heterocycles. The van der Waals surface area contributed by atoms with Gasteiger partial charge in [-0.05, 0) is 30.4 Å². The van der Waals surface area contributed by atoms with Crippen molar-refractivity contribution in [1.29, 1.82) is 0 Å². The van der Waals surface area contributed by atoms with Crippen LogP contribution in [0.4, 0.5) is 5.82 Å². The maximum Gasteiger partial charge on any atom is 0.218 e. The van der Waals surface area contributed by atoms with E-state index in [-0.39, 0.29) is 23.8 Å². The summed E-state index contributed by atoms with van der Waals surface area (Å²) in [5.41, 5.74) is 1.86. The largest absolute Gasteiger partial charge is 0.393 e.